The van der Waals surface area contributed by atoms with Crippen LogP contribution in [0.2, 0.25) is 5.02 Å². The van der Waals surface area contributed by atoms with Crippen molar-refractivity contribution in [1.29, 1.82) is 0 Å². The van der Waals surface area contributed by atoms with Crippen LogP contribution in [0.15, 0.2) is 42.5 Å². The van der Waals surface area contributed by atoms with E-state index in [1.54, 1.807) is 0 Å². The minimum Gasteiger partial charge on any atom is -0.352 e. The van der Waals surface area contributed by atoms with Crippen LogP contribution in [0.4, 0.5) is 0 Å². The van der Waals surface area contributed by atoms with E-state index in [4.69, 9.17) is 16.6 Å². The van der Waals surface area contributed by atoms with E-state index in [0.717, 1.165) is 73.9 Å². The van der Waals surface area contributed by atoms with Crippen molar-refractivity contribution in [2.45, 2.75) is 45.7 Å². The molecule has 5 nitrogen and oxygen atoms in total. The molecular formula is C26H31ClN4O. The first kappa shape index (κ1) is 21.5. The molecule has 1 N–H and O–H groups in total. The highest BCUT2D eigenvalue weighted by atomic mass is 35.5. The molecule has 3 heterocycles. The highest BCUT2D eigenvalue weighted by molar-refractivity contribution is 6.30. The molecular weight excluding hydrogens is 420 g/mol. The van der Waals surface area contributed by atoms with Crippen LogP contribution in [-0.4, -0.2) is 40.0 Å². The first-order valence-corrected chi connectivity index (χ1v) is 12.2. The molecule has 1 atom stereocenters. The fourth-order valence-corrected chi connectivity index (χ4v) is 5.15. The Morgan fingerprint density at radius 3 is 2.66 bits per heavy atom. The van der Waals surface area contributed by atoms with Crippen molar-refractivity contribution >= 4 is 28.5 Å². The third kappa shape index (κ3) is 4.69. The van der Waals surface area contributed by atoms with Gasteiger partial charge >= 0.3 is 0 Å². The standard InChI is InChI=1S/C26H31ClN4O/c1-18-8-13-31-24-7-4-21(15-23(24)29-25(31)14-18)26(32)28-16-19-9-11-30(12-10-19)17-20-2-5-22(27)6-3-20/h2-7,15,18-19H,8-14,16-17H2,1H3,(H,28,32). The number of halogens is 1. The number of aromatic nitrogens is 2. The number of fused-ring (bicyclic) bond motifs is 3. The maximum absolute atomic E-state index is 12.8. The van der Waals surface area contributed by atoms with Crippen molar-refractivity contribution in [2.24, 2.45) is 11.8 Å². The van der Waals surface area contributed by atoms with Crippen LogP contribution in [0, 0.1) is 11.8 Å². The summed E-state index contributed by atoms with van der Waals surface area (Å²) >= 11 is 5.98. The fraction of sp³-hybridized carbons (Fsp3) is 0.462. The number of hydrogen-bond acceptors (Lipinski definition) is 3. The summed E-state index contributed by atoms with van der Waals surface area (Å²) in [7, 11) is 0. The van der Waals surface area contributed by atoms with Gasteiger partial charge in [0.05, 0.1) is 11.0 Å². The van der Waals surface area contributed by atoms with Crippen molar-refractivity contribution in [3.8, 4) is 0 Å². The van der Waals surface area contributed by atoms with E-state index in [1.807, 2.05) is 24.3 Å². The first-order chi connectivity index (χ1) is 15.5. The van der Waals surface area contributed by atoms with Gasteiger partial charge in [0.2, 0.25) is 0 Å². The van der Waals surface area contributed by atoms with Crippen LogP contribution >= 0.6 is 11.6 Å². The fourth-order valence-electron chi connectivity index (χ4n) is 5.03. The van der Waals surface area contributed by atoms with Gasteiger partial charge in [-0.3, -0.25) is 9.69 Å². The molecule has 0 saturated carbocycles. The van der Waals surface area contributed by atoms with E-state index < -0.39 is 0 Å². The van der Waals surface area contributed by atoms with Crippen molar-refractivity contribution in [3.05, 3.63) is 64.4 Å². The molecule has 6 heteroatoms. The van der Waals surface area contributed by atoms with Crippen molar-refractivity contribution in [2.75, 3.05) is 19.6 Å². The molecule has 1 saturated heterocycles. The van der Waals surface area contributed by atoms with Gasteiger partial charge in [0.25, 0.3) is 5.91 Å². The maximum atomic E-state index is 12.8. The number of likely N-dealkylation sites (tertiary alicyclic amines) is 1. The smallest absolute Gasteiger partial charge is 0.251 e. The van der Waals surface area contributed by atoms with Crippen LogP contribution in [0.25, 0.3) is 11.0 Å². The average Bonchev–Trinajstić information content (AvgIpc) is 3.16. The Bertz CT molecular complexity index is 1100. The van der Waals surface area contributed by atoms with E-state index >= 15 is 0 Å². The second-order valence-electron chi connectivity index (χ2n) is 9.54. The second kappa shape index (κ2) is 9.24. The molecule has 0 bridgehead atoms. The molecule has 32 heavy (non-hydrogen) atoms. The van der Waals surface area contributed by atoms with Gasteiger partial charge in [0.1, 0.15) is 5.82 Å². The van der Waals surface area contributed by atoms with E-state index in [0.29, 0.717) is 17.4 Å². The summed E-state index contributed by atoms with van der Waals surface area (Å²) in [5, 5.41) is 3.95. The summed E-state index contributed by atoms with van der Waals surface area (Å²) in [5.74, 6) is 2.38. The Balaban J connectivity index is 1.13. The Morgan fingerprint density at radius 1 is 1.09 bits per heavy atom. The predicted molar refractivity (Wildman–Crippen MR) is 129 cm³/mol. The van der Waals surface area contributed by atoms with E-state index in [2.05, 4.69) is 39.9 Å². The van der Waals surface area contributed by atoms with E-state index in [1.165, 1.54) is 12.0 Å². The Kier molecular flexibility index (Phi) is 6.20. The van der Waals surface area contributed by atoms with Crippen LogP contribution in [0.3, 0.4) is 0 Å². The summed E-state index contributed by atoms with van der Waals surface area (Å²) < 4.78 is 2.31. The number of carbonyl (C=O) groups is 1. The molecule has 0 aliphatic carbocycles. The van der Waals surface area contributed by atoms with Gasteiger partial charge in [-0.1, -0.05) is 30.7 Å². The zero-order valence-corrected chi connectivity index (χ0v) is 19.4. The average molecular weight is 451 g/mol. The molecule has 1 amide bonds. The first-order valence-electron chi connectivity index (χ1n) is 11.8. The molecule has 1 fully saturated rings. The molecule has 0 spiro atoms. The second-order valence-corrected chi connectivity index (χ2v) is 9.97. The van der Waals surface area contributed by atoms with Gasteiger partial charge in [-0.2, -0.15) is 0 Å². The zero-order chi connectivity index (χ0) is 22.1. The molecule has 168 valence electrons. The van der Waals surface area contributed by atoms with Crippen LogP contribution in [-0.2, 0) is 19.5 Å². The van der Waals surface area contributed by atoms with Crippen LogP contribution in [0.5, 0.6) is 0 Å². The van der Waals surface area contributed by atoms with Gasteiger partial charge in [0, 0.05) is 36.6 Å². The lowest BCUT2D eigenvalue weighted by atomic mass is 9.96. The summed E-state index contributed by atoms with van der Waals surface area (Å²) in [4.78, 5) is 20.1. The van der Waals surface area contributed by atoms with Gasteiger partial charge in [-0.25, -0.2) is 4.98 Å². The zero-order valence-electron chi connectivity index (χ0n) is 18.7. The van der Waals surface area contributed by atoms with E-state index in [-0.39, 0.29) is 5.91 Å². The molecule has 2 aliphatic rings. The number of hydrogen-bond donors (Lipinski definition) is 1. The summed E-state index contributed by atoms with van der Waals surface area (Å²) in [5.41, 5.74) is 4.10. The lowest BCUT2D eigenvalue weighted by molar-refractivity contribution is 0.0935. The predicted octanol–water partition coefficient (Wildman–Crippen LogP) is 4.91. The lowest BCUT2D eigenvalue weighted by Crippen LogP contribution is -2.38. The van der Waals surface area contributed by atoms with Crippen molar-refractivity contribution in [3.63, 3.8) is 0 Å². The number of carbonyl (C=O) groups excluding carboxylic acids is 1. The number of aryl methyl sites for hydroxylation is 1. The SMILES string of the molecule is CC1CCn2c(nc3cc(C(=O)NCC4CCN(Cc5ccc(Cl)cc5)CC4)ccc32)C1. The van der Waals surface area contributed by atoms with E-state index in [9.17, 15) is 4.79 Å². The van der Waals surface area contributed by atoms with Gasteiger partial charge < -0.3 is 9.88 Å². The molecule has 2 aliphatic heterocycles. The Hall–Kier alpha value is -2.37. The minimum atomic E-state index is 0.00911. The number of piperidine rings is 1. The molecule has 1 unspecified atom stereocenters. The van der Waals surface area contributed by atoms with Gasteiger partial charge in [-0.05, 0) is 80.1 Å². The number of nitrogens with zero attached hydrogens (tertiary/aromatic N) is 3. The van der Waals surface area contributed by atoms with Crippen LogP contribution < -0.4 is 5.32 Å². The summed E-state index contributed by atoms with van der Waals surface area (Å²) in [6.45, 7) is 7.13. The summed E-state index contributed by atoms with van der Waals surface area (Å²) in [6, 6.07) is 14.1. The monoisotopic (exact) mass is 450 g/mol. The van der Waals surface area contributed by atoms with Crippen molar-refractivity contribution in [1.82, 2.24) is 19.8 Å². The number of imidazole rings is 1. The highest BCUT2D eigenvalue weighted by Crippen LogP contribution is 2.26. The summed E-state index contributed by atoms with van der Waals surface area (Å²) in [6.07, 6.45) is 4.43. The lowest BCUT2D eigenvalue weighted by Gasteiger charge is -2.32. The largest absolute Gasteiger partial charge is 0.352 e. The normalized spacial score (nSPS) is 19.8. The molecule has 3 aromatic rings. The number of amides is 1. The molecule has 5 rings (SSSR count). The number of rotatable bonds is 5. The van der Waals surface area contributed by atoms with Crippen molar-refractivity contribution < 1.29 is 4.79 Å². The molecule has 0 radical (unpaired) electrons. The number of nitrogens with one attached hydrogen (secondary N) is 1. The third-order valence-electron chi connectivity index (χ3n) is 7.04. The van der Waals surface area contributed by atoms with Gasteiger partial charge in [-0.15, -0.1) is 0 Å². The Morgan fingerprint density at radius 2 is 1.88 bits per heavy atom. The number of benzene rings is 2. The maximum Gasteiger partial charge on any atom is 0.251 e. The minimum absolute atomic E-state index is 0.00911. The topological polar surface area (TPSA) is 50.2 Å². The molecule has 2 aromatic carbocycles. The highest BCUT2D eigenvalue weighted by Gasteiger charge is 2.22. The molecule has 1 aromatic heterocycles. The van der Waals surface area contributed by atoms with Crippen LogP contribution in [0.1, 0.15) is 47.9 Å². The quantitative estimate of drug-likeness (QED) is 0.600. The van der Waals surface area contributed by atoms with Gasteiger partial charge in [0.15, 0.2) is 0 Å². The third-order valence-corrected chi connectivity index (χ3v) is 7.30. The Labute approximate surface area is 194 Å².